The van der Waals surface area contributed by atoms with Crippen LogP contribution in [0.4, 0.5) is 0 Å². The fraction of sp³-hybridized carbons (Fsp3) is 0.143. The maximum absolute atomic E-state index is 11.9. The van der Waals surface area contributed by atoms with Gasteiger partial charge in [0.1, 0.15) is 11.0 Å². The Balaban J connectivity index is 2.75. The fourth-order valence-electron chi connectivity index (χ4n) is 2.06. The molecule has 90 valence electrons. The van der Waals surface area contributed by atoms with Gasteiger partial charge < -0.3 is 8.83 Å². The molecule has 0 spiro atoms. The lowest BCUT2D eigenvalue weighted by Crippen LogP contribution is -2.11. The number of aryl methyl sites for hydroxylation is 1. The standard InChI is InChI=1S/C14H10O4/c1-7-8(2)13(15)18-12-9-5-3-4-6-10(9)17-14(16)11(7)12/h3-6H,1-2H3. The summed E-state index contributed by atoms with van der Waals surface area (Å²) < 4.78 is 10.5. The van der Waals surface area contributed by atoms with Crippen molar-refractivity contribution < 1.29 is 8.83 Å². The van der Waals surface area contributed by atoms with Crippen molar-refractivity contribution >= 4 is 21.9 Å². The van der Waals surface area contributed by atoms with Gasteiger partial charge in [-0.25, -0.2) is 9.59 Å². The molecule has 0 radical (unpaired) electrons. The first-order chi connectivity index (χ1) is 8.59. The highest BCUT2D eigenvalue weighted by atomic mass is 16.4. The molecule has 0 atom stereocenters. The van der Waals surface area contributed by atoms with Crippen LogP contribution in [0.15, 0.2) is 42.7 Å². The Morgan fingerprint density at radius 1 is 0.889 bits per heavy atom. The van der Waals surface area contributed by atoms with E-state index in [9.17, 15) is 9.59 Å². The lowest BCUT2D eigenvalue weighted by molar-refractivity contribution is 0.537. The molecule has 2 heterocycles. The van der Waals surface area contributed by atoms with Crippen LogP contribution in [0, 0.1) is 13.8 Å². The van der Waals surface area contributed by atoms with Crippen LogP contribution in [0.1, 0.15) is 11.1 Å². The number of benzene rings is 1. The smallest absolute Gasteiger partial charge is 0.347 e. The average Bonchev–Trinajstić information content (AvgIpc) is 2.35. The van der Waals surface area contributed by atoms with Gasteiger partial charge in [-0.3, -0.25) is 0 Å². The van der Waals surface area contributed by atoms with Crippen molar-refractivity contribution in [2.45, 2.75) is 13.8 Å². The molecule has 0 bridgehead atoms. The van der Waals surface area contributed by atoms with Gasteiger partial charge in [0.2, 0.25) is 0 Å². The Kier molecular flexibility index (Phi) is 2.13. The number of hydrogen-bond acceptors (Lipinski definition) is 4. The highest BCUT2D eigenvalue weighted by Gasteiger charge is 2.15. The maximum Gasteiger partial charge on any atom is 0.347 e. The lowest BCUT2D eigenvalue weighted by Gasteiger charge is -2.04. The number of fused-ring (bicyclic) bond motifs is 3. The van der Waals surface area contributed by atoms with Crippen molar-refractivity contribution in [3.63, 3.8) is 0 Å². The lowest BCUT2D eigenvalue weighted by atomic mass is 10.1. The summed E-state index contributed by atoms with van der Waals surface area (Å²) in [6.07, 6.45) is 0. The highest BCUT2D eigenvalue weighted by Crippen LogP contribution is 2.24. The number of hydrogen-bond donors (Lipinski definition) is 0. The molecular formula is C14H10O4. The van der Waals surface area contributed by atoms with Crippen molar-refractivity contribution in [1.82, 2.24) is 0 Å². The Morgan fingerprint density at radius 2 is 1.61 bits per heavy atom. The minimum absolute atomic E-state index is 0.301. The van der Waals surface area contributed by atoms with E-state index in [-0.39, 0.29) is 0 Å². The summed E-state index contributed by atoms with van der Waals surface area (Å²) in [6.45, 7) is 3.36. The zero-order valence-corrected chi connectivity index (χ0v) is 9.94. The fourth-order valence-corrected chi connectivity index (χ4v) is 2.06. The molecule has 3 rings (SSSR count). The normalized spacial score (nSPS) is 11.2. The van der Waals surface area contributed by atoms with Crippen molar-refractivity contribution in [2.24, 2.45) is 0 Å². The van der Waals surface area contributed by atoms with Crippen molar-refractivity contribution in [3.05, 3.63) is 56.2 Å². The van der Waals surface area contributed by atoms with Gasteiger partial charge in [-0.05, 0) is 31.5 Å². The molecule has 0 fully saturated rings. The monoisotopic (exact) mass is 242 g/mol. The van der Waals surface area contributed by atoms with E-state index < -0.39 is 11.3 Å². The second kappa shape index (κ2) is 3.57. The van der Waals surface area contributed by atoms with E-state index >= 15 is 0 Å². The van der Waals surface area contributed by atoms with Gasteiger partial charge >= 0.3 is 11.3 Å². The summed E-state index contributed by atoms with van der Waals surface area (Å²) >= 11 is 0. The molecule has 1 aromatic carbocycles. The number of rotatable bonds is 0. The second-order valence-corrected chi connectivity index (χ2v) is 4.23. The summed E-state index contributed by atoms with van der Waals surface area (Å²) in [7, 11) is 0. The SMILES string of the molecule is Cc1c(C)c2c(=O)oc3ccccc3c2oc1=O. The third-order valence-electron chi connectivity index (χ3n) is 3.20. The minimum atomic E-state index is -0.479. The molecular weight excluding hydrogens is 232 g/mol. The van der Waals surface area contributed by atoms with Gasteiger partial charge in [0.15, 0.2) is 5.58 Å². The van der Waals surface area contributed by atoms with Gasteiger partial charge in [-0.15, -0.1) is 0 Å². The van der Waals surface area contributed by atoms with E-state index in [1.165, 1.54) is 0 Å². The van der Waals surface area contributed by atoms with Crippen molar-refractivity contribution in [2.75, 3.05) is 0 Å². The molecule has 3 aromatic rings. The van der Waals surface area contributed by atoms with Crippen LogP contribution >= 0.6 is 0 Å². The summed E-state index contributed by atoms with van der Waals surface area (Å²) in [5.41, 5.74) is 0.867. The van der Waals surface area contributed by atoms with Gasteiger partial charge in [0.25, 0.3) is 0 Å². The predicted octanol–water partition coefficient (Wildman–Crippen LogP) is 2.52. The van der Waals surface area contributed by atoms with E-state index in [1.807, 2.05) is 0 Å². The Hall–Kier alpha value is -2.36. The zero-order valence-electron chi connectivity index (χ0n) is 9.94. The Labute approximate surface area is 101 Å². The summed E-state index contributed by atoms with van der Waals surface area (Å²) in [5, 5.41) is 0.970. The van der Waals surface area contributed by atoms with E-state index in [0.717, 1.165) is 0 Å². The van der Waals surface area contributed by atoms with Gasteiger partial charge in [-0.2, -0.15) is 0 Å². The molecule has 0 aliphatic rings. The molecule has 0 amide bonds. The third-order valence-corrected chi connectivity index (χ3v) is 3.20. The van der Waals surface area contributed by atoms with Gasteiger partial charge in [0, 0.05) is 5.56 Å². The van der Waals surface area contributed by atoms with E-state index in [1.54, 1.807) is 38.1 Å². The molecule has 0 saturated heterocycles. The van der Waals surface area contributed by atoms with Crippen LogP contribution in [0.25, 0.3) is 21.9 Å². The topological polar surface area (TPSA) is 60.4 Å². The maximum atomic E-state index is 11.9. The van der Waals surface area contributed by atoms with Crippen LogP contribution < -0.4 is 11.3 Å². The van der Waals surface area contributed by atoms with Crippen LogP contribution in [0.3, 0.4) is 0 Å². The van der Waals surface area contributed by atoms with Crippen molar-refractivity contribution in [1.29, 1.82) is 0 Å². The third kappa shape index (κ3) is 1.32. The van der Waals surface area contributed by atoms with Crippen LogP contribution in [-0.4, -0.2) is 0 Å². The van der Waals surface area contributed by atoms with E-state index in [2.05, 4.69) is 0 Å². The molecule has 2 aromatic heterocycles. The van der Waals surface area contributed by atoms with E-state index in [0.29, 0.717) is 33.1 Å². The zero-order chi connectivity index (χ0) is 12.9. The molecule has 0 unspecified atom stereocenters. The average molecular weight is 242 g/mol. The molecule has 4 heteroatoms. The highest BCUT2D eigenvalue weighted by molar-refractivity contribution is 6.01. The number of para-hydroxylation sites is 1. The summed E-state index contributed by atoms with van der Waals surface area (Å²) in [4.78, 5) is 23.7. The Morgan fingerprint density at radius 3 is 2.39 bits per heavy atom. The van der Waals surface area contributed by atoms with Crippen LogP contribution in [-0.2, 0) is 0 Å². The first-order valence-electron chi connectivity index (χ1n) is 5.55. The molecule has 0 aliphatic heterocycles. The quantitative estimate of drug-likeness (QED) is 0.449. The molecule has 18 heavy (non-hydrogen) atoms. The first kappa shape index (κ1) is 10.8. The van der Waals surface area contributed by atoms with Gasteiger partial charge in [-0.1, -0.05) is 12.1 Å². The summed E-state index contributed by atoms with van der Waals surface area (Å²) in [5.74, 6) is 0. The Bertz CT molecular complexity index is 884. The molecule has 0 saturated carbocycles. The second-order valence-electron chi connectivity index (χ2n) is 4.23. The minimum Gasteiger partial charge on any atom is -0.422 e. The predicted molar refractivity (Wildman–Crippen MR) is 68.0 cm³/mol. The molecule has 4 nitrogen and oxygen atoms in total. The molecule has 0 N–H and O–H groups in total. The van der Waals surface area contributed by atoms with E-state index in [4.69, 9.17) is 8.83 Å². The first-order valence-corrected chi connectivity index (χ1v) is 5.55. The van der Waals surface area contributed by atoms with Gasteiger partial charge in [0.05, 0.1) is 5.39 Å². The molecule has 0 aliphatic carbocycles. The largest absolute Gasteiger partial charge is 0.422 e. The van der Waals surface area contributed by atoms with Crippen LogP contribution in [0.2, 0.25) is 0 Å². The van der Waals surface area contributed by atoms with Crippen molar-refractivity contribution in [3.8, 4) is 0 Å². The van der Waals surface area contributed by atoms with Crippen LogP contribution in [0.5, 0.6) is 0 Å². The summed E-state index contributed by atoms with van der Waals surface area (Å²) in [6, 6.07) is 7.00.